The van der Waals surface area contributed by atoms with Crippen LogP contribution < -0.4 is 0 Å². The predicted octanol–water partition coefficient (Wildman–Crippen LogP) is 6.21. The summed E-state index contributed by atoms with van der Waals surface area (Å²) in [5.41, 5.74) is 0. The van der Waals surface area contributed by atoms with Crippen molar-refractivity contribution >= 4 is 197 Å². The van der Waals surface area contributed by atoms with E-state index in [1.165, 1.54) is 17.9 Å². The second-order valence-electron chi connectivity index (χ2n) is 3.25. The van der Waals surface area contributed by atoms with E-state index in [0.29, 0.717) is 0 Å². The second-order valence-corrected chi connectivity index (χ2v) is 9.61. The number of hydrogen-bond acceptors (Lipinski definition) is 2. The van der Waals surface area contributed by atoms with Gasteiger partial charge in [0.25, 0.3) is 0 Å². The number of benzene rings is 2. The van der Waals surface area contributed by atoms with Gasteiger partial charge in [0.1, 0.15) is 0 Å². The molecule has 2 rings (SSSR count). The molecule has 2 aromatic carbocycles. The summed E-state index contributed by atoms with van der Waals surface area (Å²) in [5.74, 6) is 0. The van der Waals surface area contributed by atoms with Crippen molar-refractivity contribution in [1.82, 2.24) is 0 Å². The van der Waals surface area contributed by atoms with Gasteiger partial charge in [-0.3, -0.25) is 0 Å². The Balaban J connectivity index is 0. The van der Waals surface area contributed by atoms with E-state index < -0.39 is 0 Å². The third-order valence-corrected chi connectivity index (χ3v) is 13.1. The average Bonchev–Trinajstić information content (AvgIpc) is 2.42. The number of rotatable bonds is 0. The molecular weight excluding hydrogens is 889 g/mol. The predicted molar refractivity (Wildman–Crippen MR) is 142 cm³/mol. The SMILES string of the molecule is Sc1c(I)c(I)c(I)c(I)c1I.Sc1ccccc1.[Na].[Na]. The van der Waals surface area contributed by atoms with Gasteiger partial charge in [-0.2, -0.15) is 0 Å². The van der Waals surface area contributed by atoms with Crippen LogP contribution in [0.3, 0.4) is 0 Å². The van der Waals surface area contributed by atoms with E-state index in [1.54, 1.807) is 0 Å². The van der Waals surface area contributed by atoms with Crippen LogP contribution in [-0.4, -0.2) is 59.1 Å². The van der Waals surface area contributed by atoms with Crippen molar-refractivity contribution in [3.8, 4) is 0 Å². The van der Waals surface area contributed by atoms with Crippen molar-refractivity contribution in [2.24, 2.45) is 0 Å². The molecule has 2 radical (unpaired) electrons. The zero-order valence-electron chi connectivity index (χ0n) is 11.2. The van der Waals surface area contributed by atoms with Crippen LogP contribution in [0.5, 0.6) is 0 Å². The van der Waals surface area contributed by atoms with Gasteiger partial charge in [-0.15, -0.1) is 25.3 Å². The largest absolute Gasteiger partial charge is 0.143 e. The van der Waals surface area contributed by atoms with Crippen molar-refractivity contribution in [3.05, 3.63) is 48.2 Å². The van der Waals surface area contributed by atoms with E-state index in [2.05, 4.69) is 138 Å². The molecule has 0 atom stereocenters. The molecule has 21 heavy (non-hydrogen) atoms. The molecule has 0 heterocycles. The van der Waals surface area contributed by atoms with Gasteiger partial charge in [0.05, 0.1) is 0 Å². The molecular formula is C12H7I5Na2S2. The monoisotopic (exact) mass is 896 g/mol. The van der Waals surface area contributed by atoms with Crippen molar-refractivity contribution < 1.29 is 0 Å². The smallest absolute Gasteiger partial charge is 0.0420 e. The minimum atomic E-state index is 0. The molecule has 9 heteroatoms. The Kier molecular flexibility index (Phi) is 19.7. The molecule has 0 aliphatic rings. The maximum absolute atomic E-state index is 4.47. The summed E-state index contributed by atoms with van der Waals surface area (Å²) in [5, 5.41) is 0. The first-order valence-electron chi connectivity index (χ1n) is 4.80. The van der Waals surface area contributed by atoms with E-state index in [0.717, 1.165) is 9.79 Å². The fourth-order valence-electron chi connectivity index (χ4n) is 1.02. The molecule has 0 aliphatic carbocycles. The molecule has 0 saturated carbocycles. The number of halogens is 5. The topological polar surface area (TPSA) is 0 Å². The van der Waals surface area contributed by atoms with E-state index >= 15 is 0 Å². The van der Waals surface area contributed by atoms with Crippen LogP contribution in [0, 0.1) is 17.9 Å². The van der Waals surface area contributed by atoms with Crippen molar-refractivity contribution in [2.45, 2.75) is 9.79 Å². The minimum Gasteiger partial charge on any atom is -0.143 e. The first-order chi connectivity index (χ1) is 8.86. The van der Waals surface area contributed by atoms with Crippen molar-refractivity contribution in [3.63, 3.8) is 0 Å². The fraction of sp³-hybridized carbons (Fsp3) is 0. The van der Waals surface area contributed by atoms with Gasteiger partial charge in [-0.1, -0.05) is 18.2 Å². The molecule has 104 valence electrons. The molecule has 2 aromatic rings. The Hall–Kier alpha value is 4.79. The van der Waals surface area contributed by atoms with Crippen LogP contribution in [0.2, 0.25) is 0 Å². The van der Waals surface area contributed by atoms with Gasteiger partial charge in [-0.25, -0.2) is 0 Å². The molecule has 0 fully saturated rings. The van der Waals surface area contributed by atoms with Gasteiger partial charge >= 0.3 is 0 Å². The van der Waals surface area contributed by atoms with Crippen LogP contribution in [-0.2, 0) is 0 Å². The maximum Gasteiger partial charge on any atom is 0.0420 e. The molecule has 0 amide bonds. The summed E-state index contributed by atoms with van der Waals surface area (Å²) in [6.45, 7) is 0. The quantitative estimate of drug-likeness (QED) is 0.102. The minimum absolute atomic E-state index is 0. The Bertz CT molecular complexity index is 477. The maximum atomic E-state index is 4.47. The van der Waals surface area contributed by atoms with Crippen molar-refractivity contribution in [1.29, 1.82) is 0 Å². The van der Waals surface area contributed by atoms with Gasteiger partial charge < -0.3 is 0 Å². The molecule has 0 aliphatic heterocycles. The molecule has 0 saturated heterocycles. The van der Waals surface area contributed by atoms with Gasteiger partial charge in [0.15, 0.2) is 0 Å². The normalized spacial score (nSPS) is 8.90. The first kappa shape index (κ1) is 28.0. The fourth-order valence-corrected chi connectivity index (χ4v) is 6.60. The van der Waals surface area contributed by atoms with Gasteiger partial charge in [-0.05, 0) is 125 Å². The van der Waals surface area contributed by atoms with E-state index in [-0.39, 0.29) is 59.1 Å². The summed E-state index contributed by atoms with van der Waals surface area (Å²) >= 11 is 20.3. The Morgan fingerprint density at radius 1 is 0.571 bits per heavy atom. The molecule has 0 aromatic heterocycles. The number of hydrogen-bond donors (Lipinski definition) is 2. The molecule has 0 unspecified atom stereocenters. The van der Waals surface area contributed by atoms with Gasteiger partial charge in [0.2, 0.25) is 0 Å². The molecule has 0 nitrogen and oxygen atoms in total. The standard InChI is InChI=1S/C6HI5S.C6H6S.2Na/c7-1-2(8)4(10)6(12)5(11)3(1)9;7-6-4-2-1-3-5-6;;/h12H;1-5,7H;;. The van der Waals surface area contributed by atoms with Crippen LogP contribution >= 0.6 is 138 Å². The van der Waals surface area contributed by atoms with Crippen LogP contribution in [0.25, 0.3) is 0 Å². The van der Waals surface area contributed by atoms with Crippen LogP contribution in [0.15, 0.2) is 40.1 Å². The third-order valence-electron chi connectivity index (χ3n) is 1.94. The van der Waals surface area contributed by atoms with Gasteiger partial charge in [0, 0.05) is 86.8 Å². The Morgan fingerprint density at radius 3 is 1.19 bits per heavy atom. The van der Waals surface area contributed by atoms with E-state index in [1.807, 2.05) is 30.3 Å². The summed E-state index contributed by atoms with van der Waals surface area (Å²) in [6.07, 6.45) is 0. The average molecular weight is 896 g/mol. The summed E-state index contributed by atoms with van der Waals surface area (Å²) in [4.78, 5) is 2.12. The summed E-state index contributed by atoms with van der Waals surface area (Å²) in [6, 6.07) is 9.79. The molecule has 0 spiro atoms. The first-order valence-corrected chi connectivity index (χ1v) is 11.1. The zero-order valence-corrected chi connectivity index (χ0v) is 27.7. The third kappa shape index (κ3) is 9.51. The zero-order chi connectivity index (χ0) is 14.6. The molecule has 0 bridgehead atoms. The Labute approximate surface area is 249 Å². The molecule has 0 N–H and O–H groups in total. The number of thiol groups is 2. The van der Waals surface area contributed by atoms with Crippen LogP contribution in [0.4, 0.5) is 0 Å². The summed E-state index contributed by atoms with van der Waals surface area (Å²) < 4.78 is 6.46. The van der Waals surface area contributed by atoms with E-state index in [9.17, 15) is 0 Å². The Morgan fingerprint density at radius 2 is 0.905 bits per heavy atom. The van der Waals surface area contributed by atoms with Crippen LogP contribution in [0.1, 0.15) is 0 Å². The summed E-state index contributed by atoms with van der Waals surface area (Å²) in [7, 11) is 0. The second kappa shape index (κ2) is 14.8. The van der Waals surface area contributed by atoms with E-state index in [4.69, 9.17) is 0 Å². The van der Waals surface area contributed by atoms with Crippen molar-refractivity contribution in [2.75, 3.05) is 0 Å².